The summed E-state index contributed by atoms with van der Waals surface area (Å²) >= 11 is 0. The zero-order valence-electron chi connectivity index (χ0n) is 10.1. The highest BCUT2D eigenvalue weighted by atomic mass is 15.3. The Labute approximate surface area is 88.5 Å². The molecule has 2 atom stereocenters. The summed E-state index contributed by atoms with van der Waals surface area (Å²) in [4.78, 5) is 5.03. The van der Waals surface area contributed by atoms with E-state index in [1.807, 2.05) is 7.05 Å². The van der Waals surface area contributed by atoms with E-state index in [0.29, 0.717) is 6.04 Å². The van der Waals surface area contributed by atoms with Crippen molar-refractivity contribution in [3.05, 3.63) is 0 Å². The van der Waals surface area contributed by atoms with Gasteiger partial charge < -0.3 is 15.1 Å². The van der Waals surface area contributed by atoms with Crippen LogP contribution in [-0.2, 0) is 0 Å². The zero-order chi connectivity index (χ0) is 10.6. The third-order valence-electron chi connectivity index (χ3n) is 3.17. The molecule has 2 unspecified atom stereocenters. The topological polar surface area (TPSA) is 18.5 Å². The molecular weight excluding hydrogens is 174 g/mol. The first-order valence-electron chi connectivity index (χ1n) is 5.70. The molecule has 1 saturated heterocycles. The molecule has 0 aromatic carbocycles. The number of nitrogens with zero attached hydrogens (tertiary/aromatic N) is 2. The molecule has 3 nitrogen and oxygen atoms in total. The largest absolute Gasteiger partial charge is 0.319 e. The Morgan fingerprint density at radius 2 is 2.14 bits per heavy atom. The summed E-state index contributed by atoms with van der Waals surface area (Å²) in [6.45, 7) is 10.7. The average Bonchev–Trinajstić information content (AvgIpc) is 2.12. The maximum Gasteiger partial charge on any atom is 0.0192 e. The molecule has 1 aliphatic rings. The van der Waals surface area contributed by atoms with Crippen LogP contribution in [0.25, 0.3) is 0 Å². The monoisotopic (exact) mass is 199 g/mol. The highest BCUT2D eigenvalue weighted by Gasteiger charge is 2.21. The molecule has 0 spiro atoms. The van der Waals surface area contributed by atoms with E-state index in [4.69, 9.17) is 0 Å². The average molecular weight is 199 g/mol. The van der Waals surface area contributed by atoms with E-state index in [9.17, 15) is 0 Å². The van der Waals surface area contributed by atoms with Gasteiger partial charge in [-0.3, -0.25) is 0 Å². The van der Waals surface area contributed by atoms with Crippen LogP contribution < -0.4 is 5.32 Å². The number of rotatable bonds is 4. The standard InChI is InChI=1S/C11H25N3/c1-10(7-12-3)8-14-6-5-13(4)11(2)9-14/h10-12H,5-9H2,1-4H3. The third kappa shape index (κ3) is 3.56. The van der Waals surface area contributed by atoms with Gasteiger partial charge in [-0.15, -0.1) is 0 Å². The predicted molar refractivity (Wildman–Crippen MR) is 61.6 cm³/mol. The first-order chi connectivity index (χ1) is 6.63. The van der Waals surface area contributed by atoms with Gasteiger partial charge in [-0.1, -0.05) is 6.92 Å². The Kier molecular flexibility index (Phi) is 4.85. The summed E-state index contributed by atoms with van der Waals surface area (Å²) in [7, 11) is 4.25. The van der Waals surface area contributed by atoms with E-state index in [-0.39, 0.29) is 0 Å². The lowest BCUT2D eigenvalue weighted by Crippen LogP contribution is -2.51. The Hall–Kier alpha value is -0.120. The van der Waals surface area contributed by atoms with Gasteiger partial charge in [0.2, 0.25) is 0 Å². The van der Waals surface area contributed by atoms with Gasteiger partial charge in [0.05, 0.1) is 0 Å². The molecule has 1 heterocycles. The molecule has 1 aliphatic heterocycles. The van der Waals surface area contributed by atoms with Crippen molar-refractivity contribution in [3.8, 4) is 0 Å². The quantitative estimate of drug-likeness (QED) is 0.710. The van der Waals surface area contributed by atoms with Crippen molar-refractivity contribution in [2.24, 2.45) is 5.92 Å². The summed E-state index contributed by atoms with van der Waals surface area (Å²) in [5.74, 6) is 0.760. The summed E-state index contributed by atoms with van der Waals surface area (Å²) in [5, 5.41) is 3.24. The molecule has 0 amide bonds. The molecule has 3 heteroatoms. The second-order valence-corrected chi connectivity index (χ2v) is 4.75. The zero-order valence-corrected chi connectivity index (χ0v) is 10.1. The molecule has 0 aliphatic carbocycles. The molecule has 1 N–H and O–H groups in total. The van der Waals surface area contributed by atoms with Gasteiger partial charge in [0.1, 0.15) is 0 Å². The first-order valence-corrected chi connectivity index (χ1v) is 5.70. The van der Waals surface area contributed by atoms with E-state index in [1.54, 1.807) is 0 Å². The normalized spacial score (nSPS) is 27.9. The number of piperazine rings is 1. The molecule has 0 saturated carbocycles. The van der Waals surface area contributed by atoms with Crippen molar-refractivity contribution in [2.75, 3.05) is 46.8 Å². The molecule has 84 valence electrons. The van der Waals surface area contributed by atoms with Crippen LogP contribution in [0.5, 0.6) is 0 Å². The second kappa shape index (κ2) is 5.69. The van der Waals surface area contributed by atoms with E-state index >= 15 is 0 Å². The minimum Gasteiger partial charge on any atom is -0.319 e. The lowest BCUT2D eigenvalue weighted by atomic mass is 10.1. The van der Waals surface area contributed by atoms with Gasteiger partial charge in [-0.25, -0.2) is 0 Å². The molecule has 1 fully saturated rings. The van der Waals surface area contributed by atoms with E-state index in [1.165, 1.54) is 26.2 Å². The van der Waals surface area contributed by atoms with E-state index < -0.39 is 0 Å². The maximum absolute atomic E-state index is 3.24. The summed E-state index contributed by atoms with van der Waals surface area (Å²) in [6.07, 6.45) is 0. The highest BCUT2D eigenvalue weighted by Crippen LogP contribution is 2.08. The van der Waals surface area contributed by atoms with Crippen molar-refractivity contribution in [1.82, 2.24) is 15.1 Å². The van der Waals surface area contributed by atoms with Crippen LogP contribution in [0.15, 0.2) is 0 Å². The third-order valence-corrected chi connectivity index (χ3v) is 3.17. The van der Waals surface area contributed by atoms with Crippen molar-refractivity contribution in [2.45, 2.75) is 19.9 Å². The van der Waals surface area contributed by atoms with Crippen molar-refractivity contribution in [1.29, 1.82) is 0 Å². The summed E-state index contributed by atoms with van der Waals surface area (Å²) in [5.41, 5.74) is 0. The molecule has 0 aromatic heterocycles. The van der Waals surface area contributed by atoms with Gasteiger partial charge in [-0.2, -0.15) is 0 Å². The smallest absolute Gasteiger partial charge is 0.0192 e. The SMILES string of the molecule is CNCC(C)CN1CCN(C)C(C)C1. The van der Waals surface area contributed by atoms with Gasteiger partial charge in [0.15, 0.2) is 0 Å². The number of hydrogen-bond acceptors (Lipinski definition) is 3. The fourth-order valence-corrected chi connectivity index (χ4v) is 2.14. The maximum atomic E-state index is 3.24. The van der Waals surface area contributed by atoms with Gasteiger partial charge >= 0.3 is 0 Å². The van der Waals surface area contributed by atoms with E-state index in [0.717, 1.165) is 12.5 Å². The van der Waals surface area contributed by atoms with Crippen LogP contribution in [0.4, 0.5) is 0 Å². The molecule has 14 heavy (non-hydrogen) atoms. The molecular formula is C11H25N3. The molecule has 1 rings (SSSR count). The predicted octanol–water partition coefficient (Wildman–Crippen LogP) is 0.478. The second-order valence-electron chi connectivity index (χ2n) is 4.75. The van der Waals surface area contributed by atoms with Gasteiger partial charge in [0.25, 0.3) is 0 Å². The Morgan fingerprint density at radius 3 is 2.71 bits per heavy atom. The minimum atomic E-state index is 0.713. The van der Waals surface area contributed by atoms with Crippen LogP contribution >= 0.6 is 0 Å². The Bertz CT molecular complexity index is 161. The lowest BCUT2D eigenvalue weighted by molar-refractivity contribution is 0.0944. The Balaban J connectivity index is 2.25. The summed E-state index contributed by atoms with van der Waals surface area (Å²) < 4.78 is 0. The molecule has 0 aromatic rings. The minimum absolute atomic E-state index is 0.713. The van der Waals surface area contributed by atoms with Crippen molar-refractivity contribution >= 4 is 0 Å². The van der Waals surface area contributed by atoms with Crippen LogP contribution in [0.1, 0.15) is 13.8 Å². The van der Waals surface area contributed by atoms with Crippen LogP contribution in [0.2, 0.25) is 0 Å². The van der Waals surface area contributed by atoms with E-state index in [2.05, 4.69) is 36.0 Å². The van der Waals surface area contributed by atoms with Crippen molar-refractivity contribution in [3.63, 3.8) is 0 Å². The van der Waals surface area contributed by atoms with Crippen LogP contribution in [0.3, 0.4) is 0 Å². The molecule has 0 radical (unpaired) electrons. The first kappa shape index (κ1) is 12.0. The lowest BCUT2D eigenvalue weighted by Gasteiger charge is -2.38. The van der Waals surface area contributed by atoms with Gasteiger partial charge in [-0.05, 0) is 33.5 Å². The van der Waals surface area contributed by atoms with Crippen LogP contribution in [0, 0.1) is 5.92 Å². The molecule has 0 bridgehead atoms. The number of likely N-dealkylation sites (N-methyl/N-ethyl adjacent to an activating group) is 1. The highest BCUT2D eigenvalue weighted by molar-refractivity contribution is 4.77. The fraction of sp³-hybridized carbons (Fsp3) is 1.00. The summed E-state index contributed by atoms with van der Waals surface area (Å²) in [6, 6.07) is 0.713. The fourth-order valence-electron chi connectivity index (χ4n) is 2.14. The van der Waals surface area contributed by atoms with Crippen molar-refractivity contribution < 1.29 is 0 Å². The number of nitrogens with one attached hydrogen (secondary N) is 1. The Morgan fingerprint density at radius 1 is 1.43 bits per heavy atom. The number of hydrogen-bond donors (Lipinski definition) is 1. The van der Waals surface area contributed by atoms with Crippen LogP contribution in [-0.4, -0.2) is 62.7 Å². The van der Waals surface area contributed by atoms with Gasteiger partial charge in [0, 0.05) is 32.2 Å².